The van der Waals surface area contributed by atoms with Gasteiger partial charge in [-0.1, -0.05) is 20.8 Å². The minimum absolute atomic E-state index is 0.0124. The first-order valence-corrected chi connectivity index (χ1v) is 6.01. The van der Waals surface area contributed by atoms with Crippen LogP contribution in [0.25, 0.3) is 0 Å². The second kappa shape index (κ2) is 5.37. The molecule has 0 aliphatic heterocycles. The molecule has 3 N–H and O–H groups in total. The van der Waals surface area contributed by atoms with Crippen LogP contribution in [0.5, 0.6) is 0 Å². The van der Waals surface area contributed by atoms with E-state index in [0.29, 0.717) is 0 Å². The maximum absolute atomic E-state index is 11.1. The molecule has 0 saturated carbocycles. The highest BCUT2D eigenvalue weighted by Gasteiger charge is 2.11. The van der Waals surface area contributed by atoms with Gasteiger partial charge in [0.05, 0.1) is 6.54 Å². The highest BCUT2D eigenvalue weighted by Crippen LogP contribution is 2.32. The first kappa shape index (κ1) is 13.1. The van der Waals surface area contributed by atoms with Crippen LogP contribution in [0.1, 0.15) is 20.8 Å². The fraction of sp³-hybridized carbons (Fsp3) is 0.417. The lowest BCUT2D eigenvalue weighted by molar-refractivity contribution is -0.114. The average molecular weight is 238 g/mol. The Morgan fingerprint density at radius 3 is 2.31 bits per heavy atom. The van der Waals surface area contributed by atoms with Gasteiger partial charge in [0.15, 0.2) is 0 Å². The molecule has 3 nitrogen and oxygen atoms in total. The number of carbonyl (C=O) groups is 1. The van der Waals surface area contributed by atoms with Crippen molar-refractivity contribution in [2.75, 3.05) is 11.9 Å². The summed E-state index contributed by atoms with van der Waals surface area (Å²) in [6.07, 6.45) is 0. The number of anilines is 1. The number of amides is 1. The summed E-state index contributed by atoms with van der Waals surface area (Å²) in [6, 6.07) is 7.79. The molecule has 0 fully saturated rings. The monoisotopic (exact) mass is 238 g/mol. The number of benzene rings is 1. The van der Waals surface area contributed by atoms with E-state index < -0.39 is 0 Å². The van der Waals surface area contributed by atoms with Crippen LogP contribution in [0.15, 0.2) is 29.2 Å². The summed E-state index contributed by atoms with van der Waals surface area (Å²) in [6.45, 7) is 6.52. The molecule has 0 heterocycles. The molecule has 0 unspecified atom stereocenters. The van der Waals surface area contributed by atoms with Crippen LogP contribution in [-0.4, -0.2) is 17.2 Å². The summed E-state index contributed by atoms with van der Waals surface area (Å²) < 4.78 is 0.196. The van der Waals surface area contributed by atoms with Crippen LogP contribution in [-0.2, 0) is 4.79 Å². The first-order chi connectivity index (χ1) is 7.40. The maximum Gasteiger partial charge on any atom is 0.238 e. The van der Waals surface area contributed by atoms with E-state index in [1.807, 2.05) is 24.3 Å². The van der Waals surface area contributed by atoms with Crippen molar-refractivity contribution in [3.63, 3.8) is 0 Å². The summed E-state index contributed by atoms with van der Waals surface area (Å²) >= 11 is 1.80. The number of rotatable bonds is 3. The van der Waals surface area contributed by atoms with Gasteiger partial charge in [0.2, 0.25) is 5.91 Å². The topological polar surface area (TPSA) is 55.1 Å². The van der Waals surface area contributed by atoms with Gasteiger partial charge in [-0.15, -0.1) is 11.8 Å². The Balaban J connectivity index is 2.64. The van der Waals surface area contributed by atoms with Crippen molar-refractivity contribution in [2.45, 2.75) is 30.4 Å². The van der Waals surface area contributed by atoms with Crippen molar-refractivity contribution in [3.8, 4) is 0 Å². The highest BCUT2D eigenvalue weighted by molar-refractivity contribution is 8.00. The molecule has 1 rings (SSSR count). The second-order valence-electron chi connectivity index (χ2n) is 4.49. The van der Waals surface area contributed by atoms with Gasteiger partial charge in [0.25, 0.3) is 0 Å². The molecule has 0 aliphatic carbocycles. The Hall–Kier alpha value is -1.00. The van der Waals surface area contributed by atoms with Crippen molar-refractivity contribution in [3.05, 3.63) is 24.3 Å². The van der Waals surface area contributed by atoms with E-state index in [9.17, 15) is 4.79 Å². The van der Waals surface area contributed by atoms with Crippen molar-refractivity contribution < 1.29 is 4.79 Å². The largest absolute Gasteiger partial charge is 0.325 e. The molecule has 0 aliphatic rings. The standard InChI is InChI=1S/C12H18N2OS/c1-12(2,3)16-10-6-4-9(5-7-10)14-11(15)8-13/h4-7H,8,13H2,1-3H3,(H,14,15). The smallest absolute Gasteiger partial charge is 0.238 e. The maximum atomic E-state index is 11.1. The van der Waals surface area contributed by atoms with E-state index in [2.05, 4.69) is 26.1 Å². The molecule has 88 valence electrons. The first-order valence-electron chi connectivity index (χ1n) is 5.20. The van der Waals surface area contributed by atoms with Crippen LogP contribution >= 0.6 is 11.8 Å². The molecule has 0 bridgehead atoms. The Kier molecular flexibility index (Phi) is 4.38. The zero-order valence-electron chi connectivity index (χ0n) is 9.91. The zero-order chi connectivity index (χ0) is 12.2. The minimum atomic E-state index is -0.170. The van der Waals surface area contributed by atoms with Crippen molar-refractivity contribution in [1.29, 1.82) is 0 Å². The van der Waals surface area contributed by atoms with E-state index in [0.717, 1.165) is 5.69 Å². The summed E-state index contributed by atoms with van der Waals surface area (Å²) in [5.41, 5.74) is 6.00. The van der Waals surface area contributed by atoms with E-state index >= 15 is 0 Å². The molecular formula is C12H18N2OS. The molecule has 1 amide bonds. The third-order valence-corrected chi connectivity index (χ3v) is 2.87. The zero-order valence-corrected chi connectivity index (χ0v) is 10.7. The second-order valence-corrected chi connectivity index (χ2v) is 6.39. The molecule has 0 spiro atoms. The van der Waals surface area contributed by atoms with Crippen LogP contribution in [0, 0.1) is 0 Å². The van der Waals surface area contributed by atoms with E-state index in [1.165, 1.54) is 4.90 Å². The summed E-state index contributed by atoms with van der Waals surface area (Å²) in [4.78, 5) is 12.2. The number of nitrogens with two attached hydrogens (primary N) is 1. The number of hydrogen-bond donors (Lipinski definition) is 2. The molecule has 1 aromatic rings. The number of carbonyl (C=O) groups excluding carboxylic acids is 1. The van der Waals surface area contributed by atoms with E-state index in [4.69, 9.17) is 5.73 Å². The Morgan fingerprint density at radius 2 is 1.88 bits per heavy atom. The van der Waals surface area contributed by atoms with Crippen LogP contribution < -0.4 is 11.1 Å². The molecular weight excluding hydrogens is 220 g/mol. The van der Waals surface area contributed by atoms with Gasteiger partial charge in [-0.25, -0.2) is 0 Å². The Morgan fingerprint density at radius 1 is 1.31 bits per heavy atom. The average Bonchev–Trinajstić information content (AvgIpc) is 2.18. The van der Waals surface area contributed by atoms with Crippen LogP contribution in [0.2, 0.25) is 0 Å². The van der Waals surface area contributed by atoms with Gasteiger partial charge < -0.3 is 11.1 Å². The lowest BCUT2D eigenvalue weighted by atomic mass is 10.3. The molecule has 4 heteroatoms. The lowest BCUT2D eigenvalue weighted by Crippen LogP contribution is -2.21. The van der Waals surface area contributed by atoms with Gasteiger partial charge in [-0.3, -0.25) is 4.79 Å². The minimum Gasteiger partial charge on any atom is -0.325 e. The number of hydrogen-bond acceptors (Lipinski definition) is 3. The Labute approximate surface area is 101 Å². The lowest BCUT2D eigenvalue weighted by Gasteiger charge is -2.17. The predicted octanol–water partition coefficient (Wildman–Crippen LogP) is 2.47. The quantitative estimate of drug-likeness (QED) is 0.795. The number of nitrogens with one attached hydrogen (secondary N) is 1. The SMILES string of the molecule is CC(C)(C)Sc1ccc(NC(=O)CN)cc1. The molecule has 0 aromatic heterocycles. The molecule has 1 aromatic carbocycles. The van der Waals surface area contributed by atoms with Crippen molar-refractivity contribution in [1.82, 2.24) is 0 Å². The van der Waals surface area contributed by atoms with Gasteiger partial charge >= 0.3 is 0 Å². The molecule has 16 heavy (non-hydrogen) atoms. The third kappa shape index (κ3) is 4.68. The van der Waals surface area contributed by atoms with Crippen molar-refractivity contribution >= 4 is 23.4 Å². The van der Waals surface area contributed by atoms with Crippen molar-refractivity contribution in [2.24, 2.45) is 5.73 Å². The third-order valence-electron chi connectivity index (χ3n) is 1.75. The fourth-order valence-corrected chi connectivity index (χ4v) is 2.15. The summed E-state index contributed by atoms with van der Waals surface area (Å²) in [5, 5.41) is 2.71. The predicted molar refractivity (Wildman–Crippen MR) is 69.7 cm³/mol. The summed E-state index contributed by atoms with van der Waals surface area (Å²) in [5.74, 6) is -0.170. The van der Waals surface area contributed by atoms with E-state index in [1.54, 1.807) is 11.8 Å². The Bertz CT molecular complexity index is 354. The van der Waals surface area contributed by atoms with E-state index in [-0.39, 0.29) is 17.2 Å². The summed E-state index contributed by atoms with van der Waals surface area (Å²) in [7, 11) is 0. The van der Waals surface area contributed by atoms with Gasteiger partial charge in [-0.05, 0) is 24.3 Å². The fourth-order valence-electron chi connectivity index (χ4n) is 1.17. The van der Waals surface area contributed by atoms with Gasteiger partial charge in [0.1, 0.15) is 0 Å². The van der Waals surface area contributed by atoms with Gasteiger partial charge in [-0.2, -0.15) is 0 Å². The molecule has 0 saturated heterocycles. The number of thioether (sulfide) groups is 1. The molecule has 0 atom stereocenters. The van der Waals surface area contributed by atoms with Crippen LogP contribution in [0.4, 0.5) is 5.69 Å². The highest BCUT2D eigenvalue weighted by atomic mass is 32.2. The molecule has 0 radical (unpaired) electrons. The van der Waals surface area contributed by atoms with Gasteiger partial charge in [0, 0.05) is 15.3 Å². The normalized spacial score (nSPS) is 11.2. The van der Waals surface area contributed by atoms with Crippen LogP contribution in [0.3, 0.4) is 0 Å².